The van der Waals surface area contributed by atoms with E-state index in [0.717, 1.165) is 24.3 Å². The van der Waals surface area contributed by atoms with Gasteiger partial charge in [0.25, 0.3) is 0 Å². The van der Waals surface area contributed by atoms with Gasteiger partial charge in [0, 0.05) is 5.41 Å². The van der Waals surface area contributed by atoms with Crippen LogP contribution < -0.4 is 4.74 Å². The molecule has 3 aliphatic carbocycles. The van der Waals surface area contributed by atoms with Gasteiger partial charge >= 0.3 is 0 Å². The minimum atomic E-state index is -1.68. The molecule has 2 fully saturated rings. The fraction of sp³-hybridized carbons (Fsp3) is 0.696. The van der Waals surface area contributed by atoms with E-state index >= 15 is 0 Å². The van der Waals surface area contributed by atoms with E-state index in [1.807, 2.05) is 0 Å². The van der Waals surface area contributed by atoms with Crippen molar-refractivity contribution in [3.05, 3.63) is 29.3 Å². The second kappa shape index (κ2) is 7.17. The number of aryl methyl sites for hydroxylation is 1. The molecule has 0 aromatic heterocycles. The molecular formula is C23H35NO3Si. The Labute approximate surface area is 170 Å². The van der Waals surface area contributed by atoms with E-state index in [4.69, 9.17) is 14.0 Å². The maximum Gasteiger partial charge on any atom is 0.184 e. The summed E-state index contributed by atoms with van der Waals surface area (Å²) in [5, 5.41) is 4.46. The van der Waals surface area contributed by atoms with E-state index in [1.165, 1.54) is 24.8 Å². The predicted molar refractivity (Wildman–Crippen MR) is 116 cm³/mol. The molecule has 154 valence electrons. The van der Waals surface area contributed by atoms with Crippen LogP contribution in [0.15, 0.2) is 23.4 Å². The zero-order valence-electron chi connectivity index (χ0n) is 18.2. The van der Waals surface area contributed by atoms with E-state index in [2.05, 4.69) is 49.9 Å². The smallest absolute Gasteiger partial charge is 0.184 e. The zero-order valence-corrected chi connectivity index (χ0v) is 19.2. The Bertz CT molecular complexity index is 772. The number of fused-ring (bicyclic) bond motifs is 5. The maximum atomic E-state index is 6.73. The molecule has 0 amide bonds. The van der Waals surface area contributed by atoms with Crippen molar-refractivity contribution < 1.29 is 14.0 Å². The summed E-state index contributed by atoms with van der Waals surface area (Å²) in [5.74, 6) is 2.97. The van der Waals surface area contributed by atoms with Gasteiger partial charge in [-0.1, -0.05) is 18.1 Å². The normalized spacial score (nSPS) is 35.9. The molecule has 1 aromatic rings. The second-order valence-corrected chi connectivity index (χ2v) is 14.6. The molecule has 0 heterocycles. The Balaban J connectivity index is 1.67. The van der Waals surface area contributed by atoms with Crippen LogP contribution in [0.3, 0.4) is 0 Å². The van der Waals surface area contributed by atoms with Gasteiger partial charge < -0.3 is 14.0 Å². The first-order chi connectivity index (χ1) is 13.3. The Morgan fingerprint density at radius 3 is 2.61 bits per heavy atom. The van der Waals surface area contributed by atoms with Gasteiger partial charge in [0.05, 0.1) is 18.9 Å². The average Bonchev–Trinajstić information content (AvgIpc) is 2.92. The standard InChI is InChI=1S/C23H35NO3Si/c1-23-12-11-18-17-10-8-16(25-2)13-15(17)7-9-19(18)20(23)14-21(24-26-3)22(23)27-28(4,5)6/h8,10,13,18-20,22H,7,9,11-12,14H2,1-6H3/b24-21+. The highest BCUT2D eigenvalue weighted by Gasteiger charge is 2.58. The maximum absolute atomic E-state index is 6.73. The first kappa shape index (κ1) is 20.0. The van der Waals surface area contributed by atoms with Crippen molar-refractivity contribution in [1.29, 1.82) is 0 Å². The molecule has 2 saturated carbocycles. The summed E-state index contributed by atoms with van der Waals surface area (Å²) in [5.41, 5.74) is 4.35. The molecule has 0 N–H and O–H groups in total. The average molecular weight is 402 g/mol. The first-order valence-corrected chi connectivity index (χ1v) is 14.1. The minimum Gasteiger partial charge on any atom is -0.497 e. The first-order valence-electron chi connectivity index (χ1n) is 10.7. The molecule has 0 radical (unpaired) electrons. The van der Waals surface area contributed by atoms with E-state index < -0.39 is 8.32 Å². The van der Waals surface area contributed by atoms with E-state index in [0.29, 0.717) is 17.8 Å². The third kappa shape index (κ3) is 3.30. The summed E-state index contributed by atoms with van der Waals surface area (Å²) in [6.45, 7) is 9.30. The lowest BCUT2D eigenvalue weighted by molar-refractivity contribution is -0.00512. The number of oxime groups is 1. The summed E-state index contributed by atoms with van der Waals surface area (Å²) in [6.07, 6.45) is 5.97. The Hall–Kier alpha value is -1.33. The van der Waals surface area contributed by atoms with Gasteiger partial charge in [0.15, 0.2) is 8.32 Å². The number of hydrogen-bond acceptors (Lipinski definition) is 4. The summed E-state index contributed by atoms with van der Waals surface area (Å²) < 4.78 is 12.2. The molecule has 3 aliphatic rings. The summed E-state index contributed by atoms with van der Waals surface area (Å²) in [4.78, 5) is 5.25. The van der Waals surface area contributed by atoms with Crippen molar-refractivity contribution in [3.63, 3.8) is 0 Å². The van der Waals surface area contributed by atoms with Crippen LogP contribution in [0.5, 0.6) is 5.75 Å². The van der Waals surface area contributed by atoms with E-state index in [1.54, 1.807) is 19.8 Å². The molecule has 0 spiro atoms. The highest BCUT2D eigenvalue weighted by atomic mass is 28.4. The molecule has 0 aliphatic heterocycles. The molecule has 0 bridgehead atoms. The molecule has 5 unspecified atom stereocenters. The number of hydrogen-bond donors (Lipinski definition) is 0. The molecule has 4 nitrogen and oxygen atoms in total. The largest absolute Gasteiger partial charge is 0.497 e. The predicted octanol–water partition coefficient (Wildman–Crippen LogP) is 5.38. The van der Waals surface area contributed by atoms with Gasteiger partial charge in [-0.15, -0.1) is 0 Å². The number of rotatable bonds is 4. The van der Waals surface area contributed by atoms with Gasteiger partial charge in [-0.3, -0.25) is 0 Å². The summed E-state index contributed by atoms with van der Waals surface area (Å²) in [6, 6.07) is 6.71. The van der Waals surface area contributed by atoms with Crippen LogP contribution in [0, 0.1) is 17.3 Å². The van der Waals surface area contributed by atoms with Crippen molar-refractivity contribution in [1.82, 2.24) is 0 Å². The van der Waals surface area contributed by atoms with Crippen LogP contribution in [-0.4, -0.2) is 34.4 Å². The topological polar surface area (TPSA) is 40.0 Å². The lowest BCUT2D eigenvalue weighted by atomic mass is 9.55. The van der Waals surface area contributed by atoms with Crippen molar-refractivity contribution >= 4 is 14.0 Å². The number of benzene rings is 1. The van der Waals surface area contributed by atoms with E-state index in [9.17, 15) is 0 Å². The van der Waals surface area contributed by atoms with Gasteiger partial charge in [-0.2, -0.15) is 0 Å². The fourth-order valence-electron chi connectivity index (χ4n) is 6.22. The van der Waals surface area contributed by atoms with Crippen molar-refractivity contribution in [2.24, 2.45) is 22.4 Å². The Kier molecular flexibility index (Phi) is 5.11. The molecule has 5 atom stereocenters. The second-order valence-electron chi connectivity index (χ2n) is 10.1. The summed E-state index contributed by atoms with van der Waals surface area (Å²) in [7, 11) is 1.74. The number of methoxy groups -OCH3 is 1. The van der Waals surface area contributed by atoms with Gasteiger partial charge in [-0.25, -0.2) is 0 Å². The van der Waals surface area contributed by atoms with Crippen LogP contribution in [0.25, 0.3) is 0 Å². The highest BCUT2D eigenvalue weighted by Crippen LogP contribution is 2.61. The highest BCUT2D eigenvalue weighted by molar-refractivity contribution is 6.70. The lowest BCUT2D eigenvalue weighted by Gasteiger charge is -2.51. The van der Waals surface area contributed by atoms with Crippen molar-refractivity contribution in [2.45, 2.75) is 70.7 Å². The minimum absolute atomic E-state index is 0.113. The molecular weight excluding hydrogens is 366 g/mol. The van der Waals surface area contributed by atoms with Crippen LogP contribution in [0.2, 0.25) is 19.6 Å². The van der Waals surface area contributed by atoms with Crippen molar-refractivity contribution in [2.75, 3.05) is 14.2 Å². The molecule has 0 saturated heterocycles. The fourth-order valence-corrected chi connectivity index (χ4v) is 7.33. The molecule has 5 heteroatoms. The van der Waals surface area contributed by atoms with Gasteiger partial charge in [0.2, 0.25) is 0 Å². The van der Waals surface area contributed by atoms with Crippen LogP contribution in [-0.2, 0) is 15.7 Å². The molecule has 28 heavy (non-hydrogen) atoms. The number of nitrogens with zero attached hydrogens (tertiary/aromatic N) is 1. The zero-order chi connectivity index (χ0) is 20.1. The van der Waals surface area contributed by atoms with Gasteiger partial charge in [0.1, 0.15) is 12.9 Å². The monoisotopic (exact) mass is 401 g/mol. The van der Waals surface area contributed by atoms with Crippen LogP contribution in [0.4, 0.5) is 0 Å². The van der Waals surface area contributed by atoms with Crippen LogP contribution in [0.1, 0.15) is 49.7 Å². The third-order valence-corrected chi connectivity index (χ3v) is 8.32. The quantitative estimate of drug-likeness (QED) is 0.502. The van der Waals surface area contributed by atoms with E-state index in [-0.39, 0.29) is 11.5 Å². The van der Waals surface area contributed by atoms with Crippen LogP contribution >= 0.6 is 0 Å². The summed E-state index contributed by atoms with van der Waals surface area (Å²) >= 11 is 0. The Morgan fingerprint density at radius 2 is 1.93 bits per heavy atom. The lowest BCUT2D eigenvalue weighted by Crippen LogP contribution is -2.48. The van der Waals surface area contributed by atoms with Gasteiger partial charge in [-0.05, 0) is 92.8 Å². The Morgan fingerprint density at radius 1 is 1.14 bits per heavy atom. The molecule has 1 aromatic carbocycles. The van der Waals surface area contributed by atoms with Crippen molar-refractivity contribution in [3.8, 4) is 5.75 Å². The third-order valence-electron chi connectivity index (χ3n) is 7.38. The number of ether oxygens (including phenoxy) is 1. The molecule has 4 rings (SSSR count). The SMILES string of the molecule is CO/N=C1\CC2C3CCc4cc(OC)ccc4C3CCC2(C)C1O[Si](C)(C)C.